The molecule has 0 aliphatic carbocycles. The van der Waals surface area contributed by atoms with Crippen molar-refractivity contribution in [1.29, 1.82) is 0 Å². The molecular formula is C25H21N5O2. The van der Waals surface area contributed by atoms with Gasteiger partial charge in [0.05, 0.1) is 22.9 Å². The van der Waals surface area contributed by atoms with Crippen LogP contribution in [0.4, 0.5) is 11.5 Å². The van der Waals surface area contributed by atoms with Gasteiger partial charge in [-0.2, -0.15) is 0 Å². The minimum atomic E-state index is -0.185. The van der Waals surface area contributed by atoms with E-state index in [4.69, 9.17) is 4.42 Å². The number of aromatic amines is 1. The van der Waals surface area contributed by atoms with E-state index in [-0.39, 0.29) is 5.91 Å². The Hall–Kier alpha value is -4.13. The lowest BCUT2D eigenvalue weighted by molar-refractivity contribution is 0.102. The number of H-pyrrole nitrogens is 1. The fourth-order valence-electron chi connectivity index (χ4n) is 4.19. The van der Waals surface area contributed by atoms with E-state index in [1.165, 1.54) is 12.8 Å². The van der Waals surface area contributed by atoms with Crippen LogP contribution in [-0.4, -0.2) is 33.9 Å². The van der Waals surface area contributed by atoms with Crippen molar-refractivity contribution in [3.05, 3.63) is 72.6 Å². The summed E-state index contributed by atoms with van der Waals surface area (Å²) in [6, 6.07) is 17.3. The second-order valence-electron chi connectivity index (χ2n) is 8.04. The molecule has 32 heavy (non-hydrogen) atoms. The first kappa shape index (κ1) is 18.6. The van der Waals surface area contributed by atoms with Crippen LogP contribution in [0.15, 0.2) is 71.5 Å². The number of nitrogens with one attached hydrogen (secondary N) is 2. The van der Waals surface area contributed by atoms with E-state index < -0.39 is 0 Å². The second kappa shape index (κ2) is 7.53. The highest BCUT2D eigenvalue weighted by molar-refractivity contribution is 6.05. The van der Waals surface area contributed by atoms with Crippen LogP contribution in [0.25, 0.3) is 33.4 Å². The van der Waals surface area contributed by atoms with Gasteiger partial charge in [-0.1, -0.05) is 0 Å². The quantitative estimate of drug-likeness (QED) is 0.414. The molecule has 1 fully saturated rings. The lowest BCUT2D eigenvalue weighted by atomic mass is 10.1. The molecule has 1 amide bonds. The number of pyridine rings is 1. The zero-order chi connectivity index (χ0) is 21.5. The molecule has 6 rings (SSSR count). The van der Waals surface area contributed by atoms with Gasteiger partial charge in [0.2, 0.25) is 0 Å². The highest BCUT2D eigenvalue weighted by Gasteiger charge is 2.15. The molecule has 1 aliphatic heterocycles. The Morgan fingerprint density at radius 3 is 2.78 bits per heavy atom. The van der Waals surface area contributed by atoms with Gasteiger partial charge in [0.25, 0.3) is 5.91 Å². The summed E-state index contributed by atoms with van der Waals surface area (Å²) in [6.07, 6.45) is 5.71. The third-order valence-corrected chi connectivity index (χ3v) is 5.91. The van der Waals surface area contributed by atoms with Crippen LogP contribution in [-0.2, 0) is 0 Å². The van der Waals surface area contributed by atoms with Crippen molar-refractivity contribution in [3.63, 3.8) is 0 Å². The lowest BCUT2D eigenvalue weighted by Gasteiger charge is -2.16. The largest absolute Gasteiger partial charge is 0.464 e. The SMILES string of the molecule is O=C(Nc1ccc2nc(-c3ccc4occc4c3)[nH]c2c1)c1ccc(N2CCCC2)nc1. The normalized spacial score (nSPS) is 13.8. The second-order valence-corrected chi connectivity index (χ2v) is 8.04. The third-order valence-electron chi connectivity index (χ3n) is 5.91. The van der Waals surface area contributed by atoms with Crippen molar-refractivity contribution >= 4 is 39.4 Å². The van der Waals surface area contributed by atoms with Gasteiger partial charge in [-0.3, -0.25) is 4.79 Å². The number of benzene rings is 2. The van der Waals surface area contributed by atoms with Gasteiger partial charge >= 0.3 is 0 Å². The molecule has 5 aromatic rings. The van der Waals surface area contributed by atoms with E-state index in [9.17, 15) is 4.79 Å². The Labute approximate surface area is 184 Å². The zero-order valence-electron chi connectivity index (χ0n) is 17.3. The van der Waals surface area contributed by atoms with Crippen LogP contribution < -0.4 is 10.2 Å². The summed E-state index contributed by atoms with van der Waals surface area (Å²) in [4.78, 5) is 27.5. The monoisotopic (exact) mass is 423 g/mol. The minimum Gasteiger partial charge on any atom is -0.464 e. The molecule has 0 radical (unpaired) electrons. The van der Waals surface area contributed by atoms with Crippen molar-refractivity contribution < 1.29 is 9.21 Å². The van der Waals surface area contributed by atoms with Crippen LogP contribution in [0, 0.1) is 0 Å². The smallest absolute Gasteiger partial charge is 0.257 e. The number of aromatic nitrogens is 3. The summed E-state index contributed by atoms with van der Waals surface area (Å²) < 4.78 is 5.41. The van der Waals surface area contributed by atoms with E-state index in [1.807, 2.05) is 54.6 Å². The van der Waals surface area contributed by atoms with Gasteiger partial charge in [-0.05, 0) is 67.4 Å². The Kier molecular flexibility index (Phi) is 4.38. The molecule has 3 aromatic heterocycles. The number of carbonyl (C=O) groups excluding carboxylic acids is 1. The number of hydrogen-bond acceptors (Lipinski definition) is 5. The summed E-state index contributed by atoms with van der Waals surface area (Å²) >= 11 is 0. The van der Waals surface area contributed by atoms with E-state index in [0.29, 0.717) is 11.3 Å². The van der Waals surface area contributed by atoms with Gasteiger partial charge < -0.3 is 19.6 Å². The summed E-state index contributed by atoms with van der Waals surface area (Å²) in [5, 5.41) is 3.98. The molecule has 4 heterocycles. The Morgan fingerprint density at radius 1 is 1.03 bits per heavy atom. The van der Waals surface area contributed by atoms with Gasteiger partial charge in [0.15, 0.2) is 0 Å². The van der Waals surface area contributed by atoms with Crippen molar-refractivity contribution in [2.75, 3.05) is 23.3 Å². The molecule has 0 saturated carbocycles. The molecule has 0 bridgehead atoms. The van der Waals surface area contributed by atoms with E-state index >= 15 is 0 Å². The van der Waals surface area contributed by atoms with Crippen molar-refractivity contribution in [2.45, 2.75) is 12.8 Å². The summed E-state index contributed by atoms with van der Waals surface area (Å²) in [5.74, 6) is 1.52. The van der Waals surface area contributed by atoms with Crippen molar-refractivity contribution in [2.24, 2.45) is 0 Å². The number of anilines is 2. The van der Waals surface area contributed by atoms with Crippen LogP contribution >= 0.6 is 0 Å². The number of furan rings is 1. The van der Waals surface area contributed by atoms with Crippen LogP contribution in [0.2, 0.25) is 0 Å². The predicted molar refractivity (Wildman–Crippen MR) is 125 cm³/mol. The van der Waals surface area contributed by atoms with Gasteiger partial charge in [0.1, 0.15) is 17.2 Å². The van der Waals surface area contributed by atoms with Crippen molar-refractivity contribution in [3.8, 4) is 11.4 Å². The predicted octanol–water partition coefficient (Wildman–Crippen LogP) is 5.22. The average Bonchev–Trinajstić information content (AvgIpc) is 3.59. The third kappa shape index (κ3) is 3.37. The zero-order valence-corrected chi connectivity index (χ0v) is 17.3. The average molecular weight is 423 g/mol. The maximum atomic E-state index is 12.7. The molecular weight excluding hydrogens is 402 g/mol. The first-order valence-corrected chi connectivity index (χ1v) is 10.7. The molecule has 1 aliphatic rings. The standard InChI is InChI=1S/C25H21N5O2/c31-25(18-4-8-23(26-15-18)30-10-1-2-11-30)27-19-5-6-20-21(14-19)29-24(28-20)17-3-7-22-16(13-17)9-12-32-22/h3-9,12-15H,1-2,10-11H2,(H,27,31)(H,28,29). The van der Waals surface area contributed by atoms with Crippen LogP contribution in [0.3, 0.4) is 0 Å². The molecule has 0 spiro atoms. The fraction of sp³-hybridized carbons (Fsp3) is 0.160. The fourth-order valence-corrected chi connectivity index (χ4v) is 4.19. The minimum absolute atomic E-state index is 0.185. The number of imidazole rings is 1. The first-order valence-electron chi connectivity index (χ1n) is 10.7. The molecule has 158 valence electrons. The number of amides is 1. The summed E-state index contributed by atoms with van der Waals surface area (Å²) in [6.45, 7) is 2.06. The number of carbonyl (C=O) groups is 1. The molecule has 2 N–H and O–H groups in total. The molecule has 7 nitrogen and oxygen atoms in total. The van der Waals surface area contributed by atoms with Gasteiger partial charge in [0, 0.05) is 35.9 Å². The number of nitrogens with zero attached hydrogens (tertiary/aromatic N) is 3. The highest BCUT2D eigenvalue weighted by Crippen LogP contribution is 2.26. The van der Waals surface area contributed by atoms with Gasteiger partial charge in [-0.15, -0.1) is 0 Å². The molecule has 0 unspecified atom stereocenters. The van der Waals surface area contributed by atoms with Gasteiger partial charge in [-0.25, -0.2) is 9.97 Å². The van der Waals surface area contributed by atoms with E-state index in [1.54, 1.807) is 12.5 Å². The molecule has 1 saturated heterocycles. The summed E-state index contributed by atoms with van der Waals surface area (Å²) in [7, 11) is 0. The number of hydrogen-bond donors (Lipinski definition) is 2. The van der Waals surface area contributed by atoms with E-state index in [2.05, 4.69) is 25.2 Å². The Morgan fingerprint density at radius 2 is 1.94 bits per heavy atom. The Bertz CT molecular complexity index is 1430. The number of rotatable bonds is 4. The van der Waals surface area contributed by atoms with Crippen LogP contribution in [0.5, 0.6) is 0 Å². The Balaban J connectivity index is 1.22. The van der Waals surface area contributed by atoms with E-state index in [0.717, 1.165) is 52.3 Å². The maximum absolute atomic E-state index is 12.7. The molecule has 0 atom stereocenters. The summed E-state index contributed by atoms with van der Waals surface area (Å²) in [5.41, 5.74) is 4.75. The van der Waals surface area contributed by atoms with Crippen LogP contribution in [0.1, 0.15) is 23.2 Å². The number of fused-ring (bicyclic) bond motifs is 2. The topological polar surface area (TPSA) is 87.0 Å². The maximum Gasteiger partial charge on any atom is 0.257 e. The molecule has 7 heteroatoms. The van der Waals surface area contributed by atoms with Crippen molar-refractivity contribution in [1.82, 2.24) is 15.0 Å². The molecule has 2 aromatic carbocycles. The first-order chi connectivity index (χ1) is 15.7. The lowest BCUT2D eigenvalue weighted by Crippen LogP contribution is -2.19. The highest BCUT2D eigenvalue weighted by atomic mass is 16.3.